The van der Waals surface area contributed by atoms with E-state index in [2.05, 4.69) is 29.5 Å². The lowest BCUT2D eigenvalue weighted by atomic mass is 10.2. The number of halogens is 2. The lowest BCUT2D eigenvalue weighted by Gasteiger charge is -2.16. The summed E-state index contributed by atoms with van der Waals surface area (Å²) in [5.74, 6) is 1.70. The summed E-state index contributed by atoms with van der Waals surface area (Å²) in [4.78, 5) is 17.8. The summed E-state index contributed by atoms with van der Waals surface area (Å²) < 4.78 is 5.14. The normalized spacial score (nSPS) is 10.9. The van der Waals surface area contributed by atoms with Crippen molar-refractivity contribution in [2.24, 2.45) is 10.9 Å². The third-order valence-corrected chi connectivity index (χ3v) is 3.51. The van der Waals surface area contributed by atoms with Crippen molar-refractivity contribution >= 4 is 47.4 Å². The molecule has 1 amide bonds. The maximum atomic E-state index is 11.7. The molecule has 0 aliphatic rings. The Kier molecular flexibility index (Phi) is 11.6. The Hall–Kier alpha value is -1.22. The number of hydrogen-bond donors (Lipinski definition) is 2. The molecule has 2 N–H and O–H groups in total. The number of likely N-dealkylation sites (N-methyl/N-ethyl adjacent to an activating group) is 1. The first-order valence-corrected chi connectivity index (χ1v) is 8.26. The van der Waals surface area contributed by atoms with E-state index in [1.165, 1.54) is 4.90 Å². The van der Waals surface area contributed by atoms with Crippen LogP contribution >= 0.6 is 35.6 Å². The number of carbonyl (C=O) groups is 1. The van der Waals surface area contributed by atoms with E-state index in [9.17, 15) is 4.79 Å². The monoisotopic (exact) mass is 482 g/mol. The predicted molar refractivity (Wildman–Crippen MR) is 114 cm³/mol. The minimum Gasteiger partial charge on any atom is -0.495 e. The maximum Gasteiger partial charge on any atom is 0.241 e. The Balaban J connectivity index is 0.00000576. The van der Waals surface area contributed by atoms with Gasteiger partial charge in [0.15, 0.2) is 5.96 Å². The Morgan fingerprint density at radius 2 is 2.00 bits per heavy atom. The van der Waals surface area contributed by atoms with Crippen molar-refractivity contribution in [2.75, 3.05) is 34.3 Å². The Morgan fingerprint density at radius 3 is 2.52 bits per heavy atom. The van der Waals surface area contributed by atoms with Crippen molar-refractivity contribution in [2.45, 2.75) is 20.4 Å². The van der Waals surface area contributed by atoms with Gasteiger partial charge in [0.25, 0.3) is 0 Å². The molecule has 0 aliphatic carbocycles. The Bertz CT molecular complexity index is 580. The zero-order valence-corrected chi connectivity index (χ0v) is 18.5. The number of aliphatic imine (C=N–C) groups is 1. The van der Waals surface area contributed by atoms with E-state index >= 15 is 0 Å². The number of amides is 1. The molecule has 0 heterocycles. The van der Waals surface area contributed by atoms with Crippen molar-refractivity contribution in [1.29, 1.82) is 0 Å². The topological polar surface area (TPSA) is 66.0 Å². The van der Waals surface area contributed by atoms with Gasteiger partial charge >= 0.3 is 0 Å². The Labute approximate surface area is 172 Å². The van der Waals surface area contributed by atoms with E-state index < -0.39 is 0 Å². The van der Waals surface area contributed by atoms with E-state index in [-0.39, 0.29) is 36.4 Å². The molecule has 0 aliphatic heterocycles. The first kappa shape index (κ1) is 23.8. The molecule has 0 fully saturated rings. The molecular formula is C17H28ClIN4O2. The molecule has 0 saturated heterocycles. The highest BCUT2D eigenvalue weighted by Gasteiger charge is 2.07. The molecule has 0 spiro atoms. The zero-order chi connectivity index (χ0) is 18.1. The van der Waals surface area contributed by atoms with E-state index in [0.29, 0.717) is 29.2 Å². The fourth-order valence-electron chi connectivity index (χ4n) is 1.77. The molecule has 8 heteroatoms. The molecule has 6 nitrogen and oxygen atoms in total. The second kappa shape index (κ2) is 12.2. The molecule has 0 aromatic heterocycles. The molecule has 1 aromatic rings. The van der Waals surface area contributed by atoms with Crippen molar-refractivity contribution in [3.8, 4) is 5.75 Å². The summed E-state index contributed by atoms with van der Waals surface area (Å²) in [5, 5.41) is 6.84. The first-order valence-electron chi connectivity index (χ1n) is 7.88. The van der Waals surface area contributed by atoms with Gasteiger partial charge in [0.2, 0.25) is 5.91 Å². The highest BCUT2D eigenvalue weighted by Crippen LogP contribution is 2.25. The lowest BCUT2D eigenvalue weighted by molar-refractivity contribution is -0.127. The summed E-state index contributed by atoms with van der Waals surface area (Å²) in [6, 6.07) is 5.56. The van der Waals surface area contributed by atoms with Crippen molar-refractivity contribution in [3.63, 3.8) is 0 Å². The van der Waals surface area contributed by atoms with Gasteiger partial charge in [0.05, 0.1) is 25.2 Å². The van der Waals surface area contributed by atoms with Gasteiger partial charge in [0, 0.05) is 20.6 Å². The first-order chi connectivity index (χ1) is 11.3. The van der Waals surface area contributed by atoms with Crippen LogP contribution in [-0.4, -0.2) is 51.1 Å². The van der Waals surface area contributed by atoms with Crippen molar-refractivity contribution in [3.05, 3.63) is 28.8 Å². The minimum absolute atomic E-state index is 0. The van der Waals surface area contributed by atoms with Crippen LogP contribution in [0.3, 0.4) is 0 Å². The third-order valence-electron chi connectivity index (χ3n) is 3.22. The quantitative estimate of drug-likeness (QED) is 0.356. The number of hydrogen-bond acceptors (Lipinski definition) is 3. The standard InChI is InChI=1S/C17H27ClN4O2.HI/c1-12(2)9-19-17(21-11-16(23)22(3)4)20-10-13-6-7-15(24-5)14(18)8-13;/h6-8,12H,9-11H2,1-5H3,(H2,19,20,21);1H. The molecule has 142 valence electrons. The van der Waals surface area contributed by atoms with Crippen LogP contribution in [0.5, 0.6) is 5.75 Å². The van der Waals surface area contributed by atoms with E-state index in [4.69, 9.17) is 16.3 Å². The number of carbonyl (C=O) groups excluding carboxylic acids is 1. The van der Waals surface area contributed by atoms with Crippen LogP contribution in [-0.2, 0) is 11.3 Å². The minimum atomic E-state index is -0.0125. The summed E-state index contributed by atoms with van der Waals surface area (Å²) in [6.45, 7) is 5.64. The highest BCUT2D eigenvalue weighted by molar-refractivity contribution is 14.0. The Morgan fingerprint density at radius 1 is 1.32 bits per heavy atom. The maximum absolute atomic E-state index is 11.7. The SMILES string of the molecule is COc1ccc(CN=C(NCC(=O)N(C)C)NCC(C)C)cc1Cl.I. The summed E-state index contributed by atoms with van der Waals surface area (Å²) in [5.41, 5.74) is 0.963. The van der Waals surface area contributed by atoms with Crippen LogP contribution in [0.25, 0.3) is 0 Å². The van der Waals surface area contributed by atoms with Crippen LogP contribution in [0.15, 0.2) is 23.2 Å². The third kappa shape index (κ3) is 9.15. The highest BCUT2D eigenvalue weighted by atomic mass is 127. The van der Waals surface area contributed by atoms with Gasteiger partial charge in [-0.15, -0.1) is 24.0 Å². The summed E-state index contributed by atoms with van der Waals surface area (Å²) >= 11 is 6.13. The molecule has 0 bridgehead atoms. The number of guanidine groups is 1. The van der Waals surface area contributed by atoms with Gasteiger partial charge in [-0.05, 0) is 23.6 Å². The second-order valence-corrected chi connectivity index (χ2v) is 6.46. The lowest BCUT2D eigenvalue weighted by Crippen LogP contribution is -2.44. The number of methoxy groups -OCH3 is 1. The number of nitrogens with zero attached hydrogens (tertiary/aromatic N) is 2. The fraction of sp³-hybridized carbons (Fsp3) is 0.529. The smallest absolute Gasteiger partial charge is 0.241 e. The number of ether oxygens (including phenoxy) is 1. The molecule has 0 radical (unpaired) electrons. The van der Waals surface area contributed by atoms with E-state index in [1.807, 2.05) is 18.2 Å². The van der Waals surface area contributed by atoms with Crippen LogP contribution in [0.4, 0.5) is 0 Å². The molecule has 0 unspecified atom stereocenters. The number of rotatable bonds is 7. The van der Waals surface area contributed by atoms with Gasteiger partial charge in [-0.25, -0.2) is 4.99 Å². The van der Waals surface area contributed by atoms with Gasteiger partial charge in [-0.1, -0.05) is 31.5 Å². The predicted octanol–water partition coefficient (Wildman–Crippen LogP) is 2.75. The summed E-state index contributed by atoms with van der Waals surface area (Å²) in [7, 11) is 5.03. The van der Waals surface area contributed by atoms with Crippen molar-refractivity contribution < 1.29 is 9.53 Å². The van der Waals surface area contributed by atoms with Gasteiger partial charge < -0.3 is 20.3 Å². The second-order valence-electron chi connectivity index (χ2n) is 6.05. The molecule has 25 heavy (non-hydrogen) atoms. The van der Waals surface area contributed by atoms with E-state index in [0.717, 1.165) is 12.1 Å². The average Bonchev–Trinajstić information content (AvgIpc) is 2.53. The largest absolute Gasteiger partial charge is 0.495 e. The average molecular weight is 483 g/mol. The van der Waals surface area contributed by atoms with Crippen molar-refractivity contribution in [1.82, 2.24) is 15.5 Å². The van der Waals surface area contributed by atoms with Crippen LogP contribution in [0, 0.1) is 5.92 Å². The van der Waals surface area contributed by atoms with Gasteiger partial charge in [-0.3, -0.25) is 4.79 Å². The van der Waals surface area contributed by atoms with Gasteiger partial charge in [0.1, 0.15) is 5.75 Å². The number of nitrogens with one attached hydrogen (secondary N) is 2. The molecule has 0 saturated carbocycles. The molecular weight excluding hydrogens is 455 g/mol. The fourth-order valence-corrected chi connectivity index (χ4v) is 2.05. The van der Waals surface area contributed by atoms with E-state index in [1.54, 1.807) is 21.2 Å². The van der Waals surface area contributed by atoms with Crippen LogP contribution < -0.4 is 15.4 Å². The van der Waals surface area contributed by atoms with Crippen LogP contribution in [0.1, 0.15) is 19.4 Å². The van der Waals surface area contributed by atoms with Crippen LogP contribution in [0.2, 0.25) is 5.02 Å². The molecule has 1 rings (SSSR count). The molecule has 1 aromatic carbocycles. The number of benzene rings is 1. The summed E-state index contributed by atoms with van der Waals surface area (Å²) in [6.07, 6.45) is 0. The zero-order valence-electron chi connectivity index (χ0n) is 15.4. The van der Waals surface area contributed by atoms with Gasteiger partial charge in [-0.2, -0.15) is 0 Å². The molecule has 0 atom stereocenters.